The number of nitrogens with zero attached hydrogens (tertiary/aromatic N) is 1. The molecule has 1 aliphatic rings. The number of morpholine rings is 1. The lowest BCUT2D eigenvalue weighted by molar-refractivity contribution is -0.116. The van der Waals surface area contributed by atoms with Gasteiger partial charge in [0.05, 0.1) is 13.2 Å². The minimum atomic E-state index is -0.288. The van der Waals surface area contributed by atoms with Crippen LogP contribution in [0.1, 0.15) is 23.6 Å². The summed E-state index contributed by atoms with van der Waals surface area (Å²) in [6.07, 6.45) is 1.27. The van der Waals surface area contributed by atoms with E-state index in [0.717, 1.165) is 50.5 Å². The van der Waals surface area contributed by atoms with Crippen molar-refractivity contribution in [3.8, 4) is 0 Å². The van der Waals surface area contributed by atoms with E-state index in [1.54, 1.807) is 0 Å². The molecule has 0 radical (unpaired) electrons. The quantitative estimate of drug-likeness (QED) is 0.712. The van der Waals surface area contributed by atoms with Gasteiger partial charge in [-0.1, -0.05) is 42.5 Å². The minimum Gasteiger partial charge on any atom is -0.379 e. The Morgan fingerprint density at radius 2 is 1.68 bits per heavy atom. The summed E-state index contributed by atoms with van der Waals surface area (Å²) in [5, 5.41) is 2.93. The second-order valence-electron chi connectivity index (χ2n) is 6.67. The van der Waals surface area contributed by atoms with Crippen molar-refractivity contribution in [2.75, 3.05) is 38.2 Å². The molecule has 3 rings (SSSR count). The molecule has 28 heavy (non-hydrogen) atoms. The number of ether oxygens (including phenoxy) is 1. The summed E-state index contributed by atoms with van der Waals surface area (Å²) in [4.78, 5) is 14.6. The summed E-state index contributed by atoms with van der Waals surface area (Å²) in [6.45, 7) is 4.72. The van der Waals surface area contributed by atoms with Gasteiger partial charge in [0.25, 0.3) is 0 Å². The maximum absolute atomic E-state index is 12.2. The molecule has 2 aromatic rings. The number of benzene rings is 2. The van der Waals surface area contributed by atoms with Gasteiger partial charge in [-0.2, -0.15) is 0 Å². The summed E-state index contributed by atoms with van der Waals surface area (Å²) in [7, 11) is 0. The number of anilines is 1. The average molecular weight is 426 g/mol. The molecule has 1 atom stereocenters. The largest absolute Gasteiger partial charge is 0.379 e. The van der Waals surface area contributed by atoms with Crippen LogP contribution in [0.3, 0.4) is 0 Å². The van der Waals surface area contributed by atoms with Crippen LogP contribution in [0.15, 0.2) is 54.6 Å². The third-order valence-corrected chi connectivity index (χ3v) is 4.69. The second-order valence-corrected chi connectivity index (χ2v) is 6.67. The zero-order chi connectivity index (χ0) is 18.2. The molecule has 7 heteroatoms. The van der Waals surface area contributed by atoms with Gasteiger partial charge in [0.1, 0.15) is 0 Å². The van der Waals surface area contributed by atoms with Crippen molar-refractivity contribution >= 4 is 36.4 Å². The van der Waals surface area contributed by atoms with E-state index in [9.17, 15) is 4.79 Å². The average Bonchev–Trinajstić information content (AvgIpc) is 2.69. The zero-order valence-corrected chi connectivity index (χ0v) is 17.5. The van der Waals surface area contributed by atoms with E-state index < -0.39 is 0 Å². The van der Waals surface area contributed by atoms with E-state index in [1.165, 1.54) is 5.56 Å². The maximum atomic E-state index is 12.2. The van der Waals surface area contributed by atoms with Gasteiger partial charge >= 0.3 is 0 Å². The molecule has 1 aliphatic heterocycles. The Morgan fingerprint density at radius 3 is 2.32 bits per heavy atom. The summed E-state index contributed by atoms with van der Waals surface area (Å²) in [5.41, 5.74) is 9.17. The zero-order valence-electron chi connectivity index (χ0n) is 15.9. The van der Waals surface area contributed by atoms with Crippen LogP contribution in [-0.4, -0.2) is 43.7 Å². The second kappa shape index (κ2) is 12.8. The highest BCUT2D eigenvalue weighted by atomic mass is 35.5. The first-order valence-corrected chi connectivity index (χ1v) is 9.20. The fraction of sp³-hybridized carbons (Fsp3) is 0.381. The Labute approximate surface area is 179 Å². The first kappa shape index (κ1) is 24.4. The van der Waals surface area contributed by atoms with Gasteiger partial charge in [-0.05, 0) is 29.7 Å². The first-order chi connectivity index (χ1) is 12.7. The monoisotopic (exact) mass is 425 g/mol. The van der Waals surface area contributed by atoms with Crippen LogP contribution in [0.4, 0.5) is 5.69 Å². The van der Waals surface area contributed by atoms with Crippen LogP contribution in [0.25, 0.3) is 0 Å². The highest BCUT2D eigenvalue weighted by molar-refractivity contribution is 5.91. The number of rotatable bonds is 7. The fourth-order valence-electron chi connectivity index (χ4n) is 3.10. The SMILES string of the molecule is Cl.Cl.NC(CC(=O)Nc1ccc(CCN2CCOCC2)cc1)c1ccccc1. The minimum absolute atomic E-state index is 0. The lowest BCUT2D eigenvalue weighted by Gasteiger charge is -2.26. The molecule has 1 fully saturated rings. The van der Waals surface area contributed by atoms with Gasteiger partial charge in [-0.3, -0.25) is 9.69 Å². The van der Waals surface area contributed by atoms with E-state index in [4.69, 9.17) is 10.5 Å². The van der Waals surface area contributed by atoms with E-state index in [2.05, 4.69) is 22.3 Å². The Bertz CT molecular complexity index is 693. The molecular weight excluding hydrogens is 397 g/mol. The third-order valence-electron chi connectivity index (χ3n) is 4.69. The van der Waals surface area contributed by atoms with Gasteiger partial charge in [0, 0.05) is 37.8 Å². The predicted octanol–water partition coefficient (Wildman–Crippen LogP) is 3.43. The van der Waals surface area contributed by atoms with E-state index in [0.29, 0.717) is 0 Å². The van der Waals surface area contributed by atoms with Gasteiger partial charge in [-0.15, -0.1) is 24.8 Å². The molecule has 1 saturated heterocycles. The Balaban J connectivity index is 0.00000196. The van der Waals surface area contributed by atoms with Gasteiger partial charge in [-0.25, -0.2) is 0 Å². The topological polar surface area (TPSA) is 67.6 Å². The highest BCUT2D eigenvalue weighted by Gasteiger charge is 2.12. The molecule has 0 spiro atoms. The van der Waals surface area contributed by atoms with Gasteiger partial charge in [0.15, 0.2) is 0 Å². The highest BCUT2D eigenvalue weighted by Crippen LogP contribution is 2.16. The van der Waals surface area contributed by atoms with Crippen molar-refractivity contribution < 1.29 is 9.53 Å². The molecular formula is C21H29Cl2N3O2. The van der Waals surface area contributed by atoms with Crippen LogP contribution < -0.4 is 11.1 Å². The van der Waals surface area contributed by atoms with Crippen LogP contribution >= 0.6 is 24.8 Å². The standard InChI is InChI=1S/C21H27N3O2.2ClH/c22-20(18-4-2-1-3-5-18)16-21(25)23-19-8-6-17(7-9-19)10-11-24-12-14-26-15-13-24;;/h1-9,20H,10-16,22H2,(H,23,25);2*1H. The maximum Gasteiger partial charge on any atom is 0.226 e. The fourth-order valence-corrected chi connectivity index (χ4v) is 3.10. The number of nitrogens with two attached hydrogens (primary N) is 1. The number of carbonyl (C=O) groups is 1. The molecule has 154 valence electrons. The van der Waals surface area contributed by atoms with Crippen molar-refractivity contribution in [3.63, 3.8) is 0 Å². The summed E-state index contributed by atoms with van der Waals surface area (Å²) in [5.74, 6) is -0.0672. The molecule has 1 amide bonds. The van der Waals surface area contributed by atoms with Crippen molar-refractivity contribution in [1.29, 1.82) is 0 Å². The number of nitrogens with one attached hydrogen (secondary N) is 1. The van der Waals surface area contributed by atoms with Crippen molar-refractivity contribution in [1.82, 2.24) is 4.90 Å². The predicted molar refractivity (Wildman–Crippen MR) is 119 cm³/mol. The molecule has 1 heterocycles. The molecule has 0 bridgehead atoms. The molecule has 1 unspecified atom stereocenters. The Kier molecular flexibility index (Phi) is 11.1. The van der Waals surface area contributed by atoms with E-state index in [-0.39, 0.29) is 43.2 Å². The van der Waals surface area contributed by atoms with Crippen LogP contribution in [-0.2, 0) is 16.0 Å². The molecule has 0 saturated carbocycles. The number of hydrogen-bond donors (Lipinski definition) is 2. The normalized spacial score (nSPS) is 15.0. The summed E-state index contributed by atoms with van der Waals surface area (Å²) >= 11 is 0. The number of halogens is 2. The Hall–Kier alpha value is -1.63. The van der Waals surface area contributed by atoms with Crippen LogP contribution in [0.2, 0.25) is 0 Å². The Morgan fingerprint density at radius 1 is 1.04 bits per heavy atom. The molecule has 5 nitrogen and oxygen atoms in total. The number of carbonyl (C=O) groups excluding carboxylic acids is 1. The molecule has 2 aromatic carbocycles. The van der Waals surface area contributed by atoms with Crippen molar-refractivity contribution in [3.05, 3.63) is 65.7 Å². The third kappa shape index (κ3) is 7.78. The molecule has 0 aliphatic carbocycles. The van der Waals surface area contributed by atoms with Crippen LogP contribution in [0, 0.1) is 0 Å². The van der Waals surface area contributed by atoms with E-state index in [1.807, 2.05) is 42.5 Å². The first-order valence-electron chi connectivity index (χ1n) is 9.20. The van der Waals surface area contributed by atoms with Gasteiger partial charge in [0.2, 0.25) is 5.91 Å². The summed E-state index contributed by atoms with van der Waals surface area (Å²) < 4.78 is 5.37. The summed E-state index contributed by atoms with van der Waals surface area (Å²) in [6, 6.07) is 17.5. The van der Waals surface area contributed by atoms with Crippen molar-refractivity contribution in [2.45, 2.75) is 18.9 Å². The van der Waals surface area contributed by atoms with Crippen molar-refractivity contribution in [2.24, 2.45) is 5.73 Å². The lowest BCUT2D eigenvalue weighted by atomic mass is 10.0. The van der Waals surface area contributed by atoms with Gasteiger partial charge < -0.3 is 15.8 Å². The van der Waals surface area contributed by atoms with Crippen LogP contribution in [0.5, 0.6) is 0 Å². The lowest BCUT2D eigenvalue weighted by Crippen LogP contribution is -2.37. The molecule has 3 N–H and O–H groups in total. The number of amides is 1. The number of hydrogen-bond acceptors (Lipinski definition) is 4. The molecule has 0 aromatic heterocycles. The smallest absolute Gasteiger partial charge is 0.226 e. The van der Waals surface area contributed by atoms with E-state index >= 15 is 0 Å².